The van der Waals surface area contributed by atoms with Crippen LogP contribution in [0.3, 0.4) is 0 Å². The summed E-state index contributed by atoms with van der Waals surface area (Å²) in [5.74, 6) is 1.73. The summed E-state index contributed by atoms with van der Waals surface area (Å²) in [6.07, 6.45) is 2.42. The van der Waals surface area contributed by atoms with Gasteiger partial charge in [0.15, 0.2) is 11.7 Å². The number of primary amides is 1. The van der Waals surface area contributed by atoms with Crippen LogP contribution in [0.1, 0.15) is 29.0 Å². The predicted molar refractivity (Wildman–Crippen MR) is 82.5 cm³/mol. The molecule has 0 aliphatic carbocycles. The van der Waals surface area contributed by atoms with Crippen LogP contribution < -0.4 is 16.4 Å². The Kier molecular flexibility index (Phi) is 5.65. The lowest BCUT2D eigenvalue weighted by atomic mass is 10.3. The fourth-order valence-corrected chi connectivity index (χ4v) is 1.85. The largest absolute Gasteiger partial charge is 0.469 e. The number of rotatable bonds is 7. The molecule has 0 aliphatic rings. The number of amides is 1. The van der Waals surface area contributed by atoms with E-state index >= 15 is 0 Å². The van der Waals surface area contributed by atoms with E-state index in [1.807, 2.05) is 19.1 Å². The van der Waals surface area contributed by atoms with E-state index in [1.165, 1.54) is 0 Å². The molecule has 22 heavy (non-hydrogen) atoms. The van der Waals surface area contributed by atoms with E-state index in [-0.39, 0.29) is 5.76 Å². The van der Waals surface area contributed by atoms with Crippen LogP contribution in [-0.2, 0) is 13.0 Å². The van der Waals surface area contributed by atoms with E-state index in [0.29, 0.717) is 24.8 Å². The molecule has 0 bridgehead atoms. The standard InChI is InChI=1S/C15H20N4O3/c1-2-17-15(18-8-7-11-4-3-9-21-11)19-10-12-5-6-13(22-12)14(16)20/h3-6,9H,2,7-8,10H2,1H3,(H2,16,20)(H2,17,18,19). The van der Waals surface area contributed by atoms with E-state index in [4.69, 9.17) is 14.6 Å². The van der Waals surface area contributed by atoms with Crippen LogP contribution in [0.2, 0.25) is 0 Å². The van der Waals surface area contributed by atoms with Crippen molar-refractivity contribution in [3.63, 3.8) is 0 Å². The minimum atomic E-state index is -0.585. The van der Waals surface area contributed by atoms with Gasteiger partial charge in [-0.2, -0.15) is 0 Å². The van der Waals surface area contributed by atoms with Crippen molar-refractivity contribution in [3.8, 4) is 0 Å². The lowest BCUT2D eigenvalue weighted by molar-refractivity contribution is 0.0972. The number of nitrogens with zero attached hydrogens (tertiary/aromatic N) is 1. The van der Waals surface area contributed by atoms with Gasteiger partial charge in [-0.1, -0.05) is 0 Å². The van der Waals surface area contributed by atoms with Gasteiger partial charge in [-0.05, 0) is 31.2 Å². The third-order valence-corrected chi connectivity index (χ3v) is 2.89. The third-order valence-electron chi connectivity index (χ3n) is 2.89. The summed E-state index contributed by atoms with van der Waals surface area (Å²) in [6, 6.07) is 7.03. The molecule has 0 atom stereocenters. The minimum Gasteiger partial charge on any atom is -0.469 e. The van der Waals surface area contributed by atoms with Crippen molar-refractivity contribution < 1.29 is 13.6 Å². The molecule has 0 unspecified atom stereocenters. The second-order valence-electron chi connectivity index (χ2n) is 4.58. The van der Waals surface area contributed by atoms with Crippen molar-refractivity contribution in [1.82, 2.24) is 10.6 Å². The summed E-state index contributed by atoms with van der Waals surface area (Å²) in [5.41, 5.74) is 5.14. The first-order valence-electron chi connectivity index (χ1n) is 7.12. The number of nitrogens with two attached hydrogens (primary N) is 1. The Balaban J connectivity index is 1.86. The fourth-order valence-electron chi connectivity index (χ4n) is 1.85. The lowest BCUT2D eigenvalue weighted by Crippen LogP contribution is -2.38. The van der Waals surface area contributed by atoms with Gasteiger partial charge in [-0.15, -0.1) is 0 Å². The van der Waals surface area contributed by atoms with Gasteiger partial charge in [0.25, 0.3) is 5.91 Å². The molecule has 118 valence electrons. The van der Waals surface area contributed by atoms with Crippen molar-refractivity contribution >= 4 is 11.9 Å². The summed E-state index contributed by atoms with van der Waals surface area (Å²) in [4.78, 5) is 15.4. The van der Waals surface area contributed by atoms with E-state index in [9.17, 15) is 4.79 Å². The van der Waals surface area contributed by atoms with Crippen molar-refractivity contribution in [3.05, 3.63) is 47.8 Å². The minimum absolute atomic E-state index is 0.140. The number of carbonyl (C=O) groups excluding carboxylic acids is 1. The maximum atomic E-state index is 11.0. The highest BCUT2D eigenvalue weighted by Crippen LogP contribution is 2.08. The Labute approximate surface area is 128 Å². The summed E-state index contributed by atoms with van der Waals surface area (Å²) in [7, 11) is 0. The number of hydrogen-bond donors (Lipinski definition) is 3. The van der Waals surface area contributed by atoms with Crippen molar-refractivity contribution in [1.29, 1.82) is 0 Å². The summed E-state index contributed by atoms with van der Waals surface area (Å²) < 4.78 is 10.6. The second kappa shape index (κ2) is 7.92. The van der Waals surface area contributed by atoms with Crippen LogP contribution in [0.15, 0.2) is 44.4 Å². The van der Waals surface area contributed by atoms with Gasteiger partial charge in [-0.3, -0.25) is 4.79 Å². The smallest absolute Gasteiger partial charge is 0.284 e. The first-order valence-corrected chi connectivity index (χ1v) is 7.12. The molecule has 7 heteroatoms. The van der Waals surface area contributed by atoms with Gasteiger partial charge in [0.1, 0.15) is 18.1 Å². The number of nitrogens with one attached hydrogen (secondary N) is 2. The number of furan rings is 2. The molecule has 4 N–H and O–H groups in total. The molecule has 2 heterocycles. The highest BCUT2D eigenvalue weighted by atomic mass is 16.4. The molecule has 0 aliphatic heterocycles. The molecule has 1 amide bonds. The number of aliphatic imine (C=N–C) groups is 1. The zero-order valence-electron chi connectivity index (χ0n) is 12.5. The van der Waals surface area contributed by atoms with E-state index in [1.54, 1.807) is 18.4 Å². The van der Waals surface area contributed by atoms with Crippen LogP contribution >= 0.6 is 0 Å². The summed E-state index contributed by atoms with van der Waals surface area (Å²) >= 11 is 0. The summed E-state index contributed by atoms with van der Waals surface area (Å²) in [5, 5.41) is 6.34. The SMILES string of the molecule is CCNC(=NCc1ccc(C(N)=O)o1)NCCc1ccco1. The number of carbonyl (C=O) groups is 1. The Morgan fingerprint density at radius 1 is 1.27 bits per heavy atom. The Bertz CT molecular complexity index is 617. The zero-order chi connectivity index (χ0) is 15.8. The van der Waals surface area contributed by atoms with Crippen LogP contribution in [-0.4, -0.2) is 25.0 Å². The Morgan fingerprint density at radius 3 is 2.77 bits per heavy atom. The topological polar surface area (TPSA) is 106 Å². The van der Waals surface area contributed by atoms with Crippen molar-refractivity contribution in [2.75, 3.05) is 13.1 Å². The fraction of sp³-hybridized carbons (Fsp3) is 0.333. The molecule has 0 fully saturated rings. The van der Waals surface area contributed by atoms with Gasteiger partial charge in [0.2, 0.25) is 0 Å². The van der Waals surface area contributed by atoms with Crippen molar-refractivity contribution in [2.24, 2.45) is 10.7 Å². The quantitative estimate of drug-likeness (QED) is 0.527. The van der Waals surface area contributed by atoms with Gasteiger partial charge >= 0.3 is 0 Å². The highest BCUT2D eigenvalue weighted by molar-refractivity contribution is 5.89. The van der Waals surface area contributed by atoms with Gasteiger partial charge < -0.3 is 25.2 Å². The molecule has 0 saturated carbocycles. The normalized spacial score (nSPS) is 11.4. The zero-order valence-corrected chi connectivity index (χ0v) is 12.5. The molecule has 2 rings (SSSR count). The molecule has 0 spiro atoms. The number of hydrogen-bond acceptors (Lipinski definition) is 4. The second-order valence-corrected chi connectivity index (χ2v) is 4.58. The molecule has 7 nitrogen and oxygen atoms in total. The Morgan fingerprint density at radius 2 is 2.14 bits per heavy atom. The lowest BCUT2D eigenvalue weighted by Gasteiger charge is -2.10. The summed E-state index contributed by atoms with van der Waals surface area (Å²) in [6.45, 7) is 3.76. The predicted octanol–water partition coefficient (Wildman–Crippen LogP) is 1.27. The van der Waals surface area contributed by atoms with Crippen molar-refractivity contribution in [2.45, 2.75) is 19.9 Å². The van der Waals surface area contributed by atoms with E-state index in [0.717, 1.165) is 18.7 Å². The number of guanidine groups is 1. The maximum Gasteiger partial charge on any atom is 0.284 e. The van der Waals surface area contributed by atoms with Crippen LogP contribution in [0.5, 0.6) is 0 Å². The van der Waals surface area contributed by atoms with E-state index in [2.05, 4.69) is 15.6 Å². The molecule has 0 aromatic carbocycles. The van der Waals surface area contributed by atoms with Crippen LogP contribution in [0.25, 0.3) is 0 Å². The molecule has 2 aromatic heterocycles. The van der Waals surface area contributed by atoms with Gasteiger partial charge in [0.05, 0.1) is 6.26 Å². The maximum absolute atomic E-state index is 11.0. The Hall–Kier alpha value is -2.70. The van der Waals surface area contributed by atoms with Gasteiger partial charge in [-0.25, -0.2) is 4.99 Å². The average molecular weight is 304 g/mol. The molecule has 0 saturated heterocycles. The molecule has 0 radical (unpaired) electrons. The third kappa shape index (κ3) is 4.69. The molecular formula is C15H20N4O3. The average Bonchev–Trinajstić information content (AvgIpc) is 3.16. The molecule has 2 aromatic rings. The monoisotopic (exact) mass is 304 g/mol. The van der Waals surface area contributed by atoms with E-state index < -0.39 is 5.91 Å². The van der Waals surface area contributed by atoms with Crippen LogP contribution in [0.4, 0.5) is 0 Å². The van der Waals surface area contributed by atoms with Crippen LogP contribution in [0, 0.1) is 0 Å². The highest BCUT2D eigenvalue weighted by Gasteiger charge is 2.07. The first-order chi connectivity index (χ1) is 10.7. The van der Waals surface area contributed by atoms with Gasteiger partial charge in [0, 0.05) is 19.5 Å². The first kappa shape index (κ1) is 15.7. The molecular weight excluding hydrogens is 284 g/mol.